The van der Waals surface area contributed by atoms with Crippen molar-refractivity contribution in [3.8, 4) is 5.75 Å². The molecule has 2 unspecified atom stereocenters. The Bertz CT molecular complexity index is 658. The highest BCUT2D eigenvalue weighted by atomic mass is 35.5. The van der Waals surface area contributed by atoms with Gasteiger partial charge in [-0.15, -0.1) is 5.10 Å². The van der Waals surface area contributed by atoms with Gasteiger partial charge < -0.3 is 15.2 Å². The molecule has 6 nitrogen and oxygen atoms in total. The predicted octanol–water partition coefficient (Wildman–Crippen LogP) is 2.59. The van der Waals surface area contributed by atoms with E-state index in [-0.39, 0.29) is 18.1 Å². The Morgan fingerprint density at radius 2 is 2.14 bits per heavy atom. The summed E-state index contributed by atoms with van der Waals surface area (Å²) in [4.78, 5) is 4.29. The number of nitrogens with zero attached hydrogens (tertiary/aromatic N) is 3. The first-order valence-electron chi connectivity index (χ1n) is 6.72. The van der Waals surface area contributed by atoms with Gasteiger partial charge in [-0.05, 0) is 31.0 Å². The molecule has 0 spiro atoms. The first-order chi connectivity index (χ1) is 10.1. The van der Waals surface area contributed by atoms with E-state index in [4.69, 9.17) is 26.8 Å². The number of aromatic nitrogens is 3. The number of methoxy groups -OCH3 is 2. The van der Waals surface area contributed by atoms with Crippen molar-refractivity contribution in [1.29, 1.82) is 0 Å². The molecule has 0 aliphatic carbocycles. The second-order valence-corrected chi connectivity index (χ2v) is 5.41. The van der Waals surface area contributed by atoms with Crippen LogP contribution in [0.15, 0.2) is 18.2 Å². The van der Waals surface area contributed by atoms with Gasteiger partial charge in [0.2, 0.25) is 5.95 Å². The Balaban J connectivity index is 2.10. The molecule has 1 aliphatic heterocycles. The van der Waals surface area contributed by atoms with E-state index < -0.39 is 0 Å². The summed E-state index contributed by atoms with van der Waals surface area (Å²) in [5.74, 6) is 1.77. The molecular weight excluding hydrogens is 292 g/mol. The van der Waals surface area contributed by atoms with Crippen molar-refractivity contribution in [3.63, 3.8) is 0 Å². The molecule has 0 amide bonds. The van der Waals surface area contributed by atoms with E-state index in [1.807, 2.05) is 16.8 Å². The summed E-state index contributed by atoms with van der Waals surface area (Å²) in [7, 11) is 3.31. The zero-order chi connectivity index (χ0) is 15.0. The van der Waals surface area contributed by atoms with Gasteiger partial charge in [-0.1, -0.05) is 11.6 Å². The van der Waals surface area contributed by atoms with E-state index >= 15 is 0 Å². The molecule has 1 aromatic carbocycles. The van der Waals surface area contributed by atoms with Gasteiger partial charge >= 0.3 is 0 Å². The van der Waals surface area contributed by atoms with Crippen LogP contribution in [-0.2, 0) is 4.74 Å². The molecule has 2 N–H and O–H groups in total. The second-order valence-electron chi connectivity index (χ2n) is 4.98. The minimum Gasteiger partial charge on any atom is -0.496 e. The molecule has 1 aromatic heterocycles. The van der Waals surface area contributed by atoms with Crippen LogP contribution in [0.4, 0.5) is 5.95 Å². The molecular formula is C14H17ClN4O2. The van der Waals surface area contributed by atoms with Crippen LogP contribution in [0.5, 0.6) is 5.75 Å². The van der Waals surface area contributed by atoms with Gasteiger partial charge in [0.25, 0.3) is 0 Å². The van der Waals surface area contributed by atoms with Crippen molar-refractivity contribution < 1.29 is 9.47 Å². The fourth-order valence-electron chi connectivity index (χ4n) is 2.84. The van der Waals surface area contributed by atoms with Crippen LogP contribution in [0.1, 0.15) is 36.4 Å². The van der Waals surface area contributed by atoms with E-state index in [2.05, 4.69) is 10.1 Å². The summed E-state index contributed by atoms with van der Waals surface area (Å²) in [6, 6.07) is 5.56. The highest BCUT2D eigenvalue weighted by Crippen LogP contribution is 2.40. The van der Waals surface area contributed by atoms with E-state index in [0.717, 1.165) is 30.0 Å². The number of halogens is 1. The smallest absolute Gasteiger partial charge is 0.239 e. The van der Waals surface area contributed by atoms with Gasteiger partial charge in [-0.2, -0.15) is 4.98 Å². The molecule has 112 valence electrons. The molecule has 0 radical (unpaired) electrons. The minimum absolute atomic E-state index is 0.00940. The average Bonchev–Trinajstić information content (AvgIpc) is 2.87. The largest absolute Gasteiger partial charge is 0.496 e. The van der Waals surface area contributed by atoms with Crippen molar-refractivity contribution >= 4 is 17.5 Å². The fraction of sp³-hybridized carbons (Fsp3) is 0.429. The summed E-state index contributed by atoms with van der Waals surface area (Å²) in [5.41, 5.74) is 6.74. The predicted molar refractivity (Wildman–Crippen MR) is 79.6 cm³/mol. The van der Waals surface area contributed by atoms with Crippen LogP contribution in [0.25, 0.3) is 0 Å². The average molecular weight is 309 g/mol. The number of anilines is 1. The number of hydrogen-bond donors (Lipinski definition) is 1. The lowest BCUT2D eigenvalue weighted by molar-refractivity contribution is 0.0646. The number of benzene rings is 1. The van der Waals surface area contributed by atoms with Crippen LogP contribution in [0.3, 0.4) is 0 Å². The monoisotopic (exact) mass is 308 g/mol. The summed E-state index contributed by atoms with van der Waals surface area (Å²) >= 11 is 6.13. The molecule has 0 saturated heterocycles. The van der Waals surface area contributed by atoms with Gasteiger partial charge in [0, 0.05) is 17.7 Å². The van der Waals surface area contributed by atoms with E-state index in [9.17, 15) is 0 Å². The molecule has 0 fully saturated rings. The molecule has 3 rings (SSSR count). The lowest BCUT2D eigenvalue weighted by Gasteiger charge is -2.29. The normalized spacial score (nSPS) is 21.1. The van der Waals surface area contributed by atoms with Crippen molar-refractivity contribution in [3.05, 3.63) is 34.6 Å². The van der Waals surface area contributed by atoms with Gasteiger partial charge in [0.15, 0.2) is 5.82 Å². The summed E-state index contributed by atoms with van der Waals surface area (Å²) < 4.78 is 12.7. The standard InChI is InChI=1S/C14H17ClN4O2/c1-20-11-5-3-8(15)7-9(11)10-4-6-12(21-2)13-17-14(16)18-19(10)13/h3,5,7,10,12H,4,6H2,1-2H3,(H2,16,18). The Morgan fingerprint density at radius 3 is 2.86 bits per heavy atom. The summed E-state index contributed by atoms with van der Waals surface area (Å²) in [5, 5.41) is 4.98. The number of nitrogens with two attached hydrogens (primary N) is 1. The molecule has 2 aromatic rings. The van der Waals surface area contributed by atoms with Crippen molar-refractivity contribution in [2.75, 3.05) is 20.0 Å². The van der Waals surface area contributed by atoms with E-state index in [1.165, 1.54) is 0 Å². The van der Waals surface area contributed by atoms with Crippen LogP contribution < -0.4 is 10.5 Å². The highest BCUT2D eigenvalue weighted by Gasteiger charge is 2.32. The third-order valence-corrected chi connectivity index (χ3v) is 4.03. The Kier molecular flexibility index (Phi) is 3.73. The lowest BCUT2D eigenvalue weighted by atomic mass is 9.95. The molecule has 0 saturated carbocycles. The topological polar surface area (TPSA) is 75.2 Å². The third-order valence-electron chi connectivity index (χ3n) is 3.79. The fourth-order valence-corrected chi connectivity index (χ4v) is 3.02. The maximum Gasteiger partial charge on any atom is 0.239 e. The first-order valence-corrected chi connectivity index (χ1v) is 7.10. The number of ether oxygens (including phenoxy) is 2. The molecule has 7 heteroatoms. The number of fused-ring (bicyclic) bond motifs is 1. The molecule has 1 aliphatic rings. The lowest BCUT2D eigenvalue weighted by Crippen LogP contribution is -2.24. The van der Waals surface area contributed by atoms with Crippen molar-refractivity contribution in [2.24, 2.45) is 0 Å². The van der Waals surface area contributed by atoms with Gasteiger partial charge in [-0.3, -0.25) is 0 Å². The first kappa shape index (κ1) is 14.2. The number of hydrogen-bond acceptors (Lipinski definition) is 5. The molecule has 0 bridgehead atoms. The molecule has 2 heterocycles. The molecule has 21 heavy (non-hydrogen) atoms. The van der Waals surface area contributed by atoms with Gasteiger partial charge in [-0.25, -0.2) is 4.68 Å². The van der Waals surface area contributed by atoms with E-state index in [0.29, 0.717) is 5.02 Å². The molecule has 2 atom stereocenters. The van der Waals surface area contributed by atoms with Gasteiger partial charge in [0.05, 0.1) is 13.2 Å². The van der Waals surface area contributed by atoms with Crippen molar-refractivity contribution in [1.82, 2.24) is 14.8 Å². The number of nitrogen functional groups attached to an aromatic ring is 1. The maximum absolute atomic E-state index is 6.13. The van der Waals surface area contributed by atoms with Crippen molar-refractivity contribution in [2.45, 2.75) is 25.0 Å². The Hall–Kier alpha value is -1.79. The minimum atomic E-state index is -0.0868. The Labute approximate surface area is 127 Å². The van der Waals surface area contributed by atoms with Crippen LogP contribution in [-0.4, -0.2) is 29.0 Å². The van der Waals surface area contributed by atoms with Crippen LogP contribution in [0.2, 0.25) is 5.02 Å². The Morgan fingerprint density at radius 1 is 1.33 bits per heavy atom. The summed E-state index contributed by atoms with van der Waals surface area (Å²) in [6.07, 6.45) is 1.61. The number of rotatable bonds is 3. The second kappa shape index (κ2) is 5.54. The quantitative estimate of drug-likeness (QED) is 0.943. The van der Waals surface area contributed by atoms with Crippen LogP contribution >= 0.6 is 11.6 Å². The zero-order valence-electron chi connectivity index (χ0n) is 11.9. The van der Waals surface area contributed by atoms with Gasteiger partial charge in [0.1, 0.15) is 11.9 Å². The highest BCUT2D eigenvalue weighted by molar-refractivity contribution is 6.30. The van der Waals surface area contributed by atoms with E-state index in [1.54, 1.807) is 20.3 Å². The SMILES string of the molecule is COc1ccc(Cl)cc1C1CCC(OC)c2nc(N)nn21. The van der Waals surface area contributed by atoms with Crippen LogP contribution in [0, 0.1) is 0 Å². The third kappa shape index (κ3) is 2.45. The summed E-state index contributed by atoms with van der Waals surface area (Å²) in [6.45, 7) is 0. The maximum atomic E-state index is 6.13. The zero-order valence-corrected chi connectivity index (χ0v) is 12.7.